The highest BCUT2D eigenvalue weighted by Crippen LogP contribution is 2.64. The zero-order valence-electron chi connectivity index (χ0n) is 16.3. The van der Waals surface area contributed by atoms with E-state index in [9.17, 15) is 21.6 Å². The Hall–Kier alpha value is -0.990. The molecule has 3 nitrogen and oxygen atoms in total. The van der Waals surface area contributed by atoms with E-state index < -0.39 is 25.3 Å². The Morgan fingerprint density at radius 2 is 1.71 bits per heavy atom. The average Bonchev–Trinajstić information content (AvgIpc) is 3.37. The lowest BCUT2D eigenvalue weighted by atomic mass is 9.88. The zero-order chi connectivity index (χ0) is 22.8. The number of halogens is 6. The number of methoxy groups -OCH3 is 1. The molecule has 0 saturated heterocycles. The van der Waals surface area contributed by atoms with Gasteiger partial charge in [0.15, 0.2) is 5.06 Å². The van der Waals surface area contributed by atoms with Gasteiger partial charge in [0.1, 0.15) is 0 Å². The summed E-state index contributed by atoms with van der Waals surface area (Å²) in [4.78, 5) is -0.782. The van der Waals surface area contributed by atoms with Crippen molar-refractivity contribution in [3.05, 3.63) is 57.6 Å². The van der Waals surface area contributed by atoms with Crippen LogP contribution in [-0.2, 0) is 14.6 Å². The maximum atomic E-state index is 12.8. The van der Waals surface area contributed by atoms with Gasteiger partial charge in [-0.3, -0.25) is 0 Å². The van der Waals surface area contributed by atoms with Gasteiger partial charge in [0.2, 0.25) is 0 Å². The van der Waals surface area contributed by atoms with Crippen LogP contribution in [0.2, 0.25) is 0 Å². The van der Waals surface area contributed by atoms with Gasteiger partial charge in [0, 0.05) is 18.1 Å². The van der Waals surface area contributed by atoms with Crippen LogP contribution in [0.3, 0.4) is 0 Å². The summed E-state index contributed by atoms with van der Waals surface area (Å²) in [6.45, 7) is 0. The van der Waals surface area contributed by atoms with E-state index in [1.807, 2.05) is 6.08 Å². The first kappa shape index (κ1) is 23.2. The van der Waals surface area contributed by atoms with Crippen molar-refractivity contribution in [2.45, 2.75) is 41.1 Å². The molecule has 2 unspecified atom stereocenters. The molecule has 2 atom stereocenters. The van der Waals surface area contributed by atoms with Crippen LogP contribution in [0.25, 0.3) is 5.57 Å². The third-order valence-electron chi connectivity index (χ3n) is 6.24. The number of alkyl halides is 4. The molecule has 0 aliphatic heterocycles. The molecule has 0 amide bonds. The third kappa shape index (κ3) is 3.86. The molecule has 1 aromatic carbocycles. The van der Waals surface area contributed by atoms with Crippen molar-refractivity contribution in [2.24, 2.45) is 11.3 Å². The molecule has 4 rings (SSSR count). The minimum Gasteiger partial charge on any atom is -0.354 e. The smallest absolute Gasteiger partial charge is 0.354 e. The topological polar surface area (TPSA) is 43.4 Å². The minimum absolute atomic E-state index is 0.121. The van der Waals surface area contributed by atoms with Gasteiger partial charge in [-0.25, -0.2) is 8.42 Å². The van der Waals surface area contributed by atoms with Crippen molar-refractivity contribution in [1.29, 1.82) is 0 Å². The van der Waals surface area contributed by atoms with Gasteiger partial charge in [0.05, 0.1) is 9.93 Å². The maximum absolute atomic E-state index is 12.8. The first-order valence-corrected chi connectivity index (χ1v) is 12.1. The Morgan fingerprint density at radius 3 is 2.23 bits per heavy atom. The molecule has 0 aromatic heterocycles. The van der Waals surface area contributed by atoms with Crippen molar-refractivity contribution in [2.75, 3.05) is 7.11 Å². The summed E-state index contributed by atoms with van der Waals surface area (Å²) in [5.74, 6) is -0.329. The monoisotopic (exact) mass is 512 g/mol. The highest BCUT2D eigenvalue weighted by atomic mass is 35.5. The van der Waals surface area contributed by atoms with Crippen LogP contribution < -0.4 is 0 Å². The number of allylic oxidation sites excluding steroid dienone is 4. The van der Waals surface area contributed by atoms with E-state index in [1.165, 1.54) is 19.2 Å². The third-order valence-corrected chi connectivity index (χ3v) is 9.31. The molecule has 0 radical (unpaired) electrons. The summed E-state index contributed by atoms with van der Waals surface area (Å²) >= 11 is 19.3. The molecule has 1 spiro atoms. The second-order valence-electron chi connectivity index (χ2n) is 8.18. The summed E-state index contributed by atoms with van der Waals surface area (Å²) in [5.41, 5.74) is -2.59. The fourth-order valence-corrected chi connectivity index (χ4v) is 5.84. The summed E-state index contributed by atoms with van der Waals surface area (Å²) in [5, 5.41) is -0.831. The number of benzene rings is 1. The SMILES string of the molecule is COC1(Cl)C=CC(C2=C(c3ccc(S(=O)(=O)C(F)(F)F)cc3)CC3(CC3)C2)C(Cl)=C1Cl. The molecule has 0 N–H and O–H groups in total. The van der Waals surface area contributed by atoms with Crippen molar-refractivity contribution in [3.8, 4) is 0 Å². The van der Waals surface area contributed by atoms with Gasteiger partial charge in [-0.1, -0.05) is 58.6 Å². The van der Waals surface area contributed by atoms with Gasteiger partial charge in [-0.2, -0.15) is 13.2 Å². The van der Waals surface area contributed by atoms with Crippen LogP contribution in [-0.4, -0.2) is 26.1 Å². The molecule has 1 aromatic rings. The molecule has 1 fully saturated rings. The Balaban J connectivity index is 1.74. The maximum Gasteiger partial charge on any atom is 0.501 e. The van der Waals surface area contributed by atoms with Crippen molar-refractivity contribution in [3.63, 3.8) is 0 Å². The number of rotatable bonds is 4. The standard InChI is InChI=1S/C21H18Cl3F3O3S/c1-30-20(24)7-6-14(17(22)18(20)23)16-11-19(8-9-19)10-15(16)12-2-4-13(5-3-12)31(28,29)21(25,26)27/h2-7,14H,8-11H2,1H3. The van der Waals surface area contributed by atoms with Crippen LogP contribution in [0.15, 0.2) is 57.0 Å². The highest BCUT2D eigenvalue weighted by Gasteiger charge is 2.51. The van der Waals surface area contributed by atoms with Crippen LogP contribution in [0.4, 0.5) is 13.2 Å². The van der Waals surface area contributed by atoms with Crippen LogP contribution in [0.5, 0.6) is 0 Å². The molecule has 3 aliphatic rings. The van der Waals surface area contributed by atoms with Crippen LogP contribution in [0.1, 0.15) is 31.2 Å². The second-order valence-corrected chi connectivity index (χ2v) is 11.5. The first-order chi connectivity index (χ1) is 14.3. The number of hydrogen-bond donors (Lipinski definition) is 0. The van der Waals surface area contributed by atoms with E-state index in [-0.39, 0.29) is 16.4 Å². The summed E-state index contributed by atoms with van der Waals surface area (Å²) in [6, 6.07) is 4.83. The lowest BCUT2D eigenvalue weighted by Crippen LogP contribution is -2.27. The fourth-order valence-electron chi connectivity index (χ4n) is 4.25. The van der Waals surface area contributed by atoms with E-state index in [1.54, 1.807) is 6.08 Å². The highest BCUT2D eigenvalue weighted by molar-refractivity contribution is 7.92. The molecular weight excluding hydrogens is 496 g/mol. The summed E-state index contributed by atoms with van der Waals surface area (Å²) in [7, 11) is -3.98. The lowest BCUT2D eigenvalue weighted by molar-refractivity contribution is -0.0436. The zero-order valence-corrected chi connectivity index (χ0v) is 19.4. The Bertz CT molecular complexity index is 1120. The number of hydrogen-bond acceptors (Lipinski definition) is 3. The van der Waals surface area contributed by atoms with E-state index >= 15 is 0 Å². The number of sulfone groups is 1. The van der Waals surface area contributed by atoms with Gasteiger partial charge in [0.25, 0.3) is 9.84 Å². The van der Waals surface area contributed by atoms with E-state index in [0.29, 0.717) is 10.6 Å². The van der Waals surface area contributed by atoms with Crippen LogP contribution in [0, 0.1) is 11.3 Å². The van der Waals surface area contributed by atoms with Gasteiger partial charge < -0.3 is 4.74 Å². The number of ether oxygens (including phenoxy) is 1. The van der Waals surface area contributed by atoms with Gasteiger partial charge in [-0.15, -0.1) is 0 Å². The molecule has 168 valence electrons. The summed E-state index contributed by atoms with van der Waals surface area (Å²) in [6.07, 6.45) is 7.07. The van der Waals surface area contributed by atoms with Gasteiger partial charge in [-0.05, 0) is 60.4 Å². The molecule has 3 aliphatic carbocycles. The Labute approximate surface area is 193 Å². The Kier molecular flexibility index (Phi) is 5.62. The van der Waals surface area contributed by atoms with E-state index in [0.717, 1.165) is 49.0 Å². The van der Waals surface area contributed by atoms with Gasteiger partial charge >= 0.3 is 5.51 Å². The first-order valence-electron chi connectivity index (χ1n) is 9.46. The lowest BCUT2D eigenvalue weighted by Gasteiger charge is -2.30. The van der Waals surface area contributed by atoms with Crippen molar-refractivity contribution < 1.29 is 26.3 Å². The van der Waals surface area contributed by atoms with E-state index in [2.05, 4.69) is 0 Å². The molecule has 10 heteroatoms. The minimum atomic E-state index is -5.39. The molecule has 31 heavy (non-hydrogen) atoms. The predicted molar refractivity (Wildman–Crippen MR) is 114 cm³/mol. The predicted octanol–water partition coefficient (Wildman–Crippen LogP) is 6.76. The molecule has 1 saturated carbocycles. The normalized spacial score (nSPS) is 28.0. The fraction of sp³-hybridized carbons (Fsp3) is 0.429. The Morgan fingerprint density at radius 1 is 1.10 bits per heavy atom. The van der Waals surface area contributed by atoms with Crippen molar-refractivity contribution in [1.82, 2.24) is 0 Å². The van der Waals surface area contributed by atoms with Crippen molar-refractivity contribution >= 4 is 50.2 Å². The summed E-state index contributed by atoms with van der Waals surface area (Å²) < 4.78 is 67.1. The van der Waals surface area contributed by atoms with Crippen LogP contribution >= 0.6 is 34.8 Å². The molecular formula is C21H18Cl3F3O3S. The average molecular weight is 514 g/mol. The second kappa shape index (κ2) is 7.52. The molecule has 0 bridgehead atoms. The molecule has 0 heterocycles. The quantitative estimate of drug-likeness (QED) is 0.330. The largest absolute Gasteiger partial charge is 0.501 e. The van der Waals surface area contributed by atoms with E-state index in [4.69, 9.17) is 39.5 Å².